The number of nitrogens with zero attached hydrogens (tertiary/aromatic N) is 7. The standard InChI is InChI=1S/C20H19Cl2N7O/c1-20(2,3)18-13(11-23-17-9-16(22)27-28(17)18)8-14(30)6-12-7-15(21)19(24-10-12)29-25-4-5-26-29/h4-5,7,9-11H,6,8H2,1-3H3. The Morgan fingerprint density at radius 2 is 1.77 bits per heavy atom. The molecule has 30 heavy (non-hydrogen) atoms. The molecule has 0 bridgehead atoms. The Bertz CT molecular complexity index is 1230. The summed E-state index contributed by atoms with van der Waals surface area (Å²) < 4.78 is 1.72. The number of halogens is 2. The van der Waals surface area contributed by atoms with Crippen molar-refractivity contribution >= 4 is 34.6 Å². The highest BCUT2D eigenvalue weighted by atomic mass is 35.5. The van der Waals surface area contributed by atoms with Crippen LogP contribution in [0, 0.1) is 0 Å². The molecular formula is C20H19Cl2N7O. The van der Waals surface area contributed by atoms with Crippen LogP contribution in [0.15, 0.2) is 36.9 Å². The van der Waals surface area contributed by atoms with E-state index in [1.807, 2.05) is 0 Å². The molecule has 4 aromatic rings. The smallest absolute Gasteiger partial charge is 0.193 e. The van der Waals surface area contributed by atoms with Gasteiger partial charge in [-0.25, -0.2) is 14.5 Å². The summed E-state index contributed by atoms with van der Waals surface area (Å²) in [5.74, 6) is 0.431. The second-order valence-corrected chi connectivity index (χ2v) is 8.77. The van der Waals surface area contributed by atoms with Crippen LogP contribution >= 0.6 is 23.2 Å². The van der Waals surface area contributed by atoms with Crippen LogP contribution in [-0.4, -0.2) is 40.4 Å². The first-order valence-electron chi connectivity index (χ1n) is 9.29. The lowest BCUT2D eigenvalue weighted by Gasteiger charge is -2.23. The van der Waals surface area contributed by atoms with Gasteiger partial charge in [0.25, 0.3) is 0 Å². The second kappa shape index (κ2) is 7.77. The molecule has 0 aliphatic rings. The Kier molecular flexibility index (Phi) is 5.29. The Morgan fingerprint density at radius 1 is 1.03 bits per heavy atom. The van der Waals surface area contributed by atoms with Crippen molar-refractivity contribution in [3.8, 4) is 5.82 Å². The summed E-state index contributed by atoms with van der Waals surface area (Å²) in [6.45, 7) is 6.20. The van der Waals surface area contributed by atoms with Crippen LogP contribution < -0.4 is 0 Å². The molecule has 8 nitrogen and oxygen atoms in total. The molecule has 0 spiro atoms. The topological polar surface area (TPSA) is 90.9 Å². The van der Waals surface area contributed by atoms with E-state index in [-0.39, 0.29) is 24.0 Å². The maximum Gasteiger partial charge on any atom is 0.193 e. The molecule has 4 heterocycles. The normalized spacial score (nSPS) is 11.9. The lowest BCUT2D eigenvalue weighted by Crippen LogP contribution is -2.22. The van der Waals surface area contributed by atoms with Gasteiger partial charge in [-0.15, -0.1) is 4.80 Å². The van der Waals surface area contributed by atoms with Gasteiger partial charge in [0.05, 0.1) is 23.1 Å². The van der Waals surface area contributed by atoms with E-state index in [2.05, 4.69) is 46.0 Å². The lowest BCUT2D eigenvalue weighted by atomic mass is 9.87. The Balaban J connectivity index is 1.59. The first kappa shape index (κ1) is 20.4. The van der Waals surface area contributed by atoms with Crippen LogP contribution in [-0.2, 0) is 23.1 Å². The number of hydrogen-bond acceptors (Lipinski definition) is 6. The van der Waals surface area contributed by atoms with Gasteiger partial charge in [-0.2, -0.15) is 15.3 Å². The molecule has 0 aliphatic carbocycles. The van der Waals surface area contributed by atoms with Gasteiger partial charge in [-0.05, 0) is 17.2 Å². The molecule has 154 valence electrons. The van der Waals surface area contributed by atoms with E-state index in [1.165, 1.54) is 4.80 Å². The monoisotopic (exact) mass is 443 g/mol. The van der Waals surface area contributed by atoms with E-state index in [0.717, 1.165) is 16.8 Å². The number of ketones is 1. The van der Waals surface area contributed by atoms with Gasteiger partial charge in [-0.1, -0.05) is 44.0 Å². The number of aromatic nitrogens is 7. The number of rotatable bonds is 5. The zero-order valence-corrected chi connectivity index (χ0v) is 18.2. The Labute approximate surface area is 182 Å². The molecule has 0 fully saturated rings. The van der Waals surface area contributed by atoms with Gasteiger partial charge in [0.1, 0.15) is 5.78 Å². The third kappa shape index (κ3) is 4.06. The number of hydrogen-bond donors (Lipinski definition) is 0. The first-order chi connectivity index (χ1) is 14.2. The highest BCUT2D eigenvalue weighted by Crippen LogP contribution is 2.28. The number of Topliss-reactive ketones (excluding diaryl/α,β-unsaturated/α-hetero) is 1. The fraction of sp³-hybridized carbons (Fsp3) is 0.300. The van der Waals surface area contributed by atoms with Crippen molar-refractivity contribution < 1.29 is 4.79 Å². The number of carbonyl (C=O) groups is 1. The summed E-state index contributed by atoms with van der Waals surface area (Å²) >= 11 is 12.4. The quantitative estimate of drug-likeness (QED) is 0.467. The molecule has 10 heteroatoms. The van der Waals surface area contributed by atoms with Crippen molar-refractivity contribution in [3.63, 3.8) is 0 Å². The average Bonchev–Trinajstić information content (AvgIpc) is 3.29. The van der Waals surface area contributed by atoms with Crippen LogP contribution in [0.4, 0.5) is 0 Å². The number of carbonyl (C=O) groups excluding carboxylic acids is 1. The third-order valence-corrected chi connectivity index (χ3v) is 4.98. The highest BCUT2D eigenvalue weighted by Gasteiger charge is 2.24. The van der Waals surface area contributed by atoms with Gasteiger partial charge in [0, 0.05) is 36.7 Å². The zero-order chi connectivity index (χ0) is 21.5. The zero-order valence-electron chi connectivity index (χ0n) is 16.7. The van der Waals surface area contributed by atoms with Crippen molar-refractivity contribution in [2.24, 2.45) is 0 Å². The van der Waals surface area contributed by atoms with Gasteiger partial charge < -0.3 is 0 Å². The molecule has 0 radical (unpaired) electrons. The molecular weight excluding hydrogens is 425 g/mol. The molecule has 0 saturated carbocycles. The Morgan fingerprint density at radius 3 is 2.43 bits per heavy atom. The van der Waals surface area contributed by atoms with Crippen LogP contribution in [0.2, 0.25) is 10.2 Å². The fourth-order valence-corrected chi connectivity index (χ4v) is 3.85. The van der Waals surface area contributed by atoms with Gasteiger partial charge in [0.15, 0.2) is 16.6 Å². The highest BCUT2D eigenvalue weighted by molar-refractivity contribution is 6.32. The average molecular weight is 444 g/mol. The van der Waals surface area contributed by atoms with Crippen LogP contribution in [0.3, 0.4) is 0 Å². The largest absolute Gasteiger partial charge is 0.299 e. The summed E-state index contributed by atoms with van der Waals surface area (Å²) in [7, 11) is 0. The third-order valence-electron chi connectivity index (χ3n) is 4.52. The van der Waals surface area contributed by atoms with E-state index in [0.29, 0.717) is 21.6 Å². The van der Waals surface area contributed by atoms with Crippen LogP contribution in [0.1, 0.15) is 37.6 Å². The maximum absolute atomic E-state index is 12.8. The second-order valence-electron chi connectivity index (χ2n) is 7.98. The Hall–Kier alpha value is -2.84. The van der Waals surface area contributed by atoms with Crippen molar-refractivity contribution in [2.75, 3.05) is 0 Å². The van der Waals surface area contributed by atoms with E-state index >= 15 is 0 Å². The molecule has 0 unspecified atom stereocenters. The minimum absolute atomic E-state index is 0.0164. The van der Waals surface area contributed by atoms with E-state index in [4.69, 9.17) is 23.2 Å². The SMILES string of the molecule is CC(C)(C)c1c(CC(=O)Cc2cnc(-n3nccn3)c(Cl)c2)cnc2cc(Cl)nn12. The molecule has 0 aliphatic heterocycles. The molecule has 0 atom stereocenters. The summed E-state index contributed by atoms with van der Waals surface area (Å²) in [6.07, 6.45) is 6.83. The minimum atomic E-state index is -0.255. The lowest BCUT2D eigenvalue weighted by molar-refractivity contribution is -0.117. The predicted molar refractivity (Wildman–Crippen MR) is 113 cm³/mol. The maximum atomic E-state index is 12.8. The van der Waals surface area contributed by atoms with Crippen molar-refractivity contribution in [1.29, 1.82) is 0 Å². The van der Waals surface area contributed by atoms with E-state index in [9.17, 15) is 4.79 Å². The number of pyridine rings is 1. The fourth-order valence-electron chi connectivity index (χ4n) is 3.41. The van der Waals surface area contributed by atoms with Gasteiger partial charge >= 0.3 is 0 Å². The van der Waals surface area contributed by atoms with Gasteiger partial charge in [-0.3, -0.25) is 4.79 Å². The van der Waals surface area contributed by atoms with Gasteiger partial charge in [0.2, 0.25) is 0 Å². The minimum Gasteiger partial charge on any atom is -0.299 e. The van der Waals surface area contributed by atoms with Crippen molar-refractivity contribution in [1.82, 2.24) is 34.6 Å². The summed E-state index contributed by atoms with van der Waals surface area (Å²) in [6, 6.07) is 3.41. The van der Waals surface area contributed by atoms with E-state index in [1.54, 1.807) is 41.4 Å². The van der Waals surface area contributed by atoms with Crippen LogP contribution in [0.25, 0.3) is 11.5 Å². The summed E-state index contributed by atoms with van der Waals surface area (Å²) in [4.78, 5) is 22.9. The summed E-state index contributed by atoms with van der Waals surface area (Å²) in [5.41, 5.74) is 2.84. The molecule has 0 N–H and O–H groups in total. The number of fused-ring (bicyclic) bond motifs is 1. The summed E-state index contributed by atoms with van der Waals surface area (Å²) in [5, 5.41) is 13.1. The molecule has 0 amide bonds. The molecule has 4 aromatic heterocycles. The van der Waals surface area contributed by atoms with E-state index < -0.39 is 0 Å². The predicted octanol–water partition coefficient (Wildman–Crippen LogP) is 3.66. The van der Waals surface area contributed by atoms with Crippen molar-refractivity contribution in [2.45, 2.75) is 39.0 Å². The van der Waals surface area contributed by atoms with Crippen LogP contribution in [0.5, 0.6) is 0 Å². The molecule has 0 aromatic carbocycles. The first-order valence-corrected chi connectivity index (χ1v) is 10.0. The molecule has 4 rings (SSSR count). The van der Waals surface area contributed by atoms with Crippen molar-refractivity contribution in [3.05, 3.63) is 63.9 Å². The molecule has 0 saturated heterocycles.